The van der Waals surface area contributed by atoms with Crippen molar-refractivity contribution >= 4 is 28.2 Å². The Hall–Kier alpha value is -4.60. The summed E-state index contributed by atoms with van der Waals surface area (Å²) in [6.45, 7) is 1.41. The van der Waals surface area contributed by atoms with Gasteiger partial charge in [0.05, 0.1) is 38.4 Å². The molecular weight excluding hydrogens is 576 g/mol. The normalized spacial score (nSPS) is 16.5. The summed E-state index contributed by atoms with van der Waals surface area (Å²) in [6, 6.07) is 28.0. The summed E-state index contributed by atoms with van der Waals surface area (Å²) in [5, 5.41) is 12.6. The Labute approximate surface area is 260 Å². The zero-order valence-electron chi connectivity index (χ0n) is 24.6. The molecule has 2 unspecified atom stereocenters. The minimum atomic E-state index is -0.941. The third-order valence-electron chi connectivity index (χ3n) is 8.00. The molecule has 1 aliphatic rings. The van der Waals surface area contributed by atoms with E-state index >= 15 is 0 Å². The standard InChI is InChI=1S/C35H34N2O6S/c1-40-31-18-25(33(41-2)30-11-7-6-10-29(30)31)21-43-32-20-37(35(38)39)17-16-28(32)23-12-14-26(15-13-23)42-22-27-19-36-34(44-27)24-8-4-3-5-9-24/h3-15,18-19,28,32H,16-17,20-22H2,1-2H3,(H,38,39). The largest absolute Gasteiger partial charge is 0.496 e. The number of amides is 1. The molecule has 4 aromatic carbocycles. The van der Waals surface area contributed by atoms with Gasteiger partial charge in [-0.2, -0.15) is 0 Å². The fourth-order valence-corrected chi connectivity index (χ4v) is 6.61. The molecule has 1 N–H and O–H groups in total. The number of piperidine rings is 1. The summed E-state index contributed by atoms with van der Waals surface area (Å²) in [5.41, 5.74) is 3.02. The van der Waals surface area contributed by atoms with Crippen molar-refractivity contribution in [2.45, 2.75) is 31.7 Å². The Morgan fingerprint density at radius 1 is 0.955 bits per heavy atom. The second-order valence-electron chi connectivity index (χ2n) is 10.6. The Balaban J connectivity index is 1.16. The van der Waals surface area contributed by atoms with Gasteiger partial charge in [-0.15, -0.1) is 11.3 Å². The molecule has 1 aliphatic heterocycles. The number of aromatic nitrogens is 1. The molecule has 9 heteroatoms. The topological polar surface area (TPSA) is 90.4 Å². The number of thiazole rings is 1. The lowest BCUT2D eigenvalue weighted by Gasteiger charge is -2.37. The number of nitrogens with zero attached hydrogens (tertiary/aromatic N) is 2. The molecule has 5 aromatic rings. The van der Waals surface area contributed by atoms with Gasteiger partial charge in [-0.05, 0) is 30.2 Å². The van der Waals surface area contributed by atoms with Crippen LogP contribution in [0.2, 0.25) is 0 Å². The van der Waals surface area contributed by atoms with Gasteiger partial charge in [0.15, 0.2) is 0 Å². The number of hydrogen-bond donors (Lipinski definition) is 1. The summed E-state index contributed by atoms with van der Waals surface area (Å²) in [5.74, 6) is 2.24. The second kappa shape index (κ2) is 13.4. The van der Waals surface area contributed by atoms with Crippen LogP contribution in [0.1, 0.15) is 28.3 Å². The average Bonchev–Trinajstić information content (AvgIpc) is 3.55. The van der Waals surface area contributed by atoms with Crippen LogP contribution in [0.4, 0.5) is 4.79 Å². The van der Waals surface area contributed by atoms with Crippen LogP contribution in [-0.2, 0) is 18.0 Å². The number of carboxylic acid groups (broad SMARTS) is 1. The highest BCUT2D eigenvalue weighted by Crippen LogP contribution is 2.38. The monoisotopic (exact) mass is 610 g/mol. The van der Waals surface area contributed by atoms with Crippen molar-refractivity contribution in [3.8, 4) is 27.8 Å². The highest BCUT2D eigenvalue weighted by Gasteiger charge is 2.33. The Morgan fingerprint density at radius 3 is 2.43 bits per heavy atom. The summed E-state index contributed by atoms with van der Waals surface area (Å²) in [6.07, 6.45) is 1.23. The predicted octanol–water partition coefficient (Wildman–Crippen LogP) is 7.61. The van der Waals surface area contributed by atoms with Crippen LogP contribution in [0, 0.1) is 0 Å². The van der Waals surface area contributed by atoms with E-state index in [9.17, 15) is 9.90 Å². The van der Waals surface area contributed by atoms with Gasteiger partial charge in [-0.3, -0.25) is 0 Å². The Kier molecular flexibility index (Phi) is 8.95. The fraction of sp³-hybridized carbons (Fsp3) is 0.257. The van der Waals surface area contributed by atoms with E-state index in [0.29, 0.717) is 19.6 Å². The van der Waals surface area contributed by atoms with Crippen molar-refractivity contribution in [2.75, 3.05) is 27.3 Å². The van der Waals surface area contributed by atoms with E-state index in [1.807, 2.05) is 66.9 Å². The molecule has 1 saturated heterocycles. The van der Waals surface area contributed by atoms with Crippen LogP contribution < -0.4 is 14.2 Å². The number of likely N-dealkylation sites (tertiary alicyclic amines) is 1. The van der Waals surface area contributed by atoms with E-state index < -0.39 is 6.09 Å². The quantitative estimate of drug-likeness (QED) is 0.174. The van der Waals surface area contributed by atoms with Gasteiger partial charge in [-0.25, -0.2) is 9.78 Å². The molecule has 0 bridgehead atoms. The van der Waals surface area contributed by atoms with Gasteiger partial charge in [0, 0.05) is 40.6 Å². The Bertz CT molecular complexity index is 1720. The van der Waals surface area contributed by atoms with Crippen molar-refractivity contribution in [3.63, 3.8) is 0 Å². The molecule has 6 rings (SSSR count). The van der Waals surface area contributed by atoms with Crippen LogP contribution in [0.25, 0.3) is 21.3 Å². The summed E-state index contributed by atoms with van der Waals surface area (Å²) in [4.78, 5) is 18.9. The molecule has 2 heterocycles. The number of hydrogen-bond acceptors (Lipinski definition) is 7. The number of ether oxygens (including phenoxy) is 4. The van der Waals surface area contributed by atoms with E-state index in [1.165, 1.54) is 4.90 Å². The van der Waals surface area contributed by atoms with Crippen molar-refractivity contribution in [3.05, 3.63) is 107 Å². The number of fused-ring (bicyclic) bond motifs is 1. The van der Waals surface area contributed by atoms with Gasteiger partial charge in [0.2, 0.25) is 0 Å². The first-order valence-electron chi connectivity index (χ1n) is 14.5. The van der Waals surface area contributed by atoms with Crippen molar-refractivity contribution in [1.82, 2.24) is 9.88 Å². The lowest BCUT2D eigenvalue weighted by atomic mass is 9.87. The van der Waals surface area contributed by atoms with Crippen LogP contribution >= 0.6 is 11.3 Å². The zero-order chi connectivity index (χ0) is 30.5. The molecule has 0 spiro atoms. The van der Waals surface area contributed by atoms with Gasteiger partial charge in [0.1, 0.15) is 28.9 Å². The van der Waals surface area contributed by atoms with Crippen molar-refractivity contribution in [1.29, 1.82) is 0 Å². The van der Waals surface area contributed by atoms with Crippen LogP contribution in [0.5, 0.6) is 17.2 Å². The molecule has 1 amide bonds. The number of methoxy groups -OCH3 is 2. The van der Waals surface area contributed by atoms with Crippen LogP contribution in [0.15, 0.2) is 91.1 Å². The average molecular weight is 611 g/mol. The number of carbonyl (C=O) groups is 1. The summed E-state index contributed by atoms with van der Waals surface area (Å²) in [7, 11) is 3.29. The Morgan fingerprint density at radius 2 is 1.70 bits per heavy atom. The molecule has 1 aromatic heterocycles. The molecule has 1 fully saturated rings. The smallest absolute Gasteiger partial charge is 0.407 e. The molecule has 44 heavy (non-hydrogen) atoms. The van der Waals surface area contributed by atoms with E-state index in [-0.39, 0.29) is 25.2 Å². The molecule has 226 valence electrons. The minimum Gasteiger partial charge on any atom is -0.496 e. The summed E-state index contributed by atoms with van der Waals surface area (Å²) < 4.78 is 24.0. The first-order chi connectivity index (χ1) is 21.5. The van der Waals surface area contributed by atoms with E-state index in [2.05, 4.69) is 29.2 Å². The highest BCUT2D eigenvalue weighted by molar-refractivity contribution is 7.15. The summed E-state index contributed by atoms with van der Waals surface area (Å²) >= 11 is 1.62. The zero-order valence-corrected chi connectivity index (χ0v) is 25.5. The maximum atomic E-state index is 11.9. The maximum Gasteiger partial charge on any atom is 0.407 e. The number of rotatable bonds is 10. The predicted molar refractivity (Wildman–Crippen MR) is 171 cm³/mol. The molecule has 8 nitrogen and oxygen atoms in total. The third-order valence-corrected chi connectivity index (χ3v) is 9.02. The van der Waals surface area contributed by atoms with E-state index in [1.54, 1.807) is 25.6 Å². The lowest BCUT2D eigenvalue weighted by molar-refractivity contribution is -0.0204. The van der Waals surface area contributed by atoms with Gasteiger partial charge in [0.25, 0.3) is 0 Å². The van der Waals surface area contributed by atoms with Gasteiger partial charge < -0.3 is 29.0 Å². The number of benzene rings is 4. The maximum absolute atomic E-state index is 11.9. The van der Waals surface area contributed by atoms with Gasteiger partial charge in [-0.1, -0.05) is 66.7 Å². The van der Waals surface area contributed by atoms with Crippen LogP contribution in [-0.4, -0.2) is 54.5 Å². The van der Waals surface area contributed by atoms with Crippen molar-refractivity contribution < 1.29 is 28.8 Å². The third kappa shape index (κ3) is 6.34. The highest BCUT2D eigenvalue weighted by atomic mass is 32.1. The molecule has 2 atom stereocenters. The first-order valence-corrected chi connectivity index (χ1v) is 15.3. The van der Waals surface area contributed by atoms with E-state index in [4.69, 9.17) is 18.9 Å². The molecule has 0 aliphatic carbocycles. The molecular formula is C35H34N2O6S. The molecule has 0 saturated carbocycles. The SMILES string of the molecule is COc1cc(COC2CN(C(=O)O)CCC2c2ccc(OCc3cnc(-c4ccccc4)s3)cc2)c(OC)c2ccccc12. The lowest BCUT2D eigenvalue weighted by Crippen LogP contribution is -2.46. The fourth-order valence-electron chi connectivity index (χ4n) is 5.78. The molecule has 0 radical (unpaired) electrons. The van der Waals surface area contributed by atoms with Crippen molar-refractivity contribution in [2.24, 2.45) is 0 Å². The van der Waals surface area contributed by atoms with Gasteiger partial charge >= 0.3 is 6.09 Å². The minimum absolute atomic E-state index is 0.0166. The van der Waals surface area contributed by atoms with Crippen LogP contribution in [0.3, 0.4) is 0 Å². The first kappa shape index (κ1) is 29.5. The van der Waals surface area contributed by atoms with E-state index in [0.717, 1.165) is 54.6 Å². The second-order valence-corrected chi connectivity index (χ2v) is 11.8.